The molecule has 3 N–H and O–H groups in total. The van der Waals surface area contributed by atoms with Crippen LogP contribution in [0.5, 0.6) is 5.75 Å². The zero-order valence-electron chi connectivity index (χ0n) is 17.5. The summed E-state index contributed by atoms with van der Waals surface area (Å²) in [4.78, 5) is 20.7. The molecule has 152 valence electrons. The number of hydrogen-bond donors (Lipinski definition) is 3. The fourth-order valence-electron chi connectivity index (χ4n) is 2.39. The van der Waals surface area contributed by atoms with E-state index in [9.17, 15) is 4.79 Å². The Hall–Kier alpha value is -2.51. The molecule has 0 unspecified atom stereocenters. The van der Waals surface area contributed by atoms with Crippen molar-refractivity contribution in [1.82, 2.24) is 20.9 Å². The highest BCUT2D eigenvalue weighted by Crippen LogP contribution is 2.24. The monoisotopic (exact) mass is 379 g/mol. The van der Waals surface area contributed by atoms with Gasteiger partial charge in [0.15, 0.2) is 5.96 Å². The zero-order chi connectivity index (χ0) is 20.4. The molecule has 8 nitrogen and oxygen atoms in total. The first-order chi connectivity index (χ1) is 12.7. The molecule has 0 atom stereocenters. The molecular formula is C19H33N5O3. The van der Waals surface area contributed by atoms with Crippen molar-refractivity contribution in [2.45, 2.75) is 53.7 Å². The molecule has 0 aliphatic heterocycles. The molecule has 1 aromatic heterocycles. The van der Waals surface area contributed by atoms with E-state index in [1.165, 1.54) is 0 Å². The summed E-state index contributed by atoms with van der Waals surface area (Å²) >= 11 is 0. The van der Waals surface area contributed by atoms with Crippen LogP contribution in [0.2, 0.25) is 0 Å². The van der Waals surface area contributed by atoms with Gasteiger partial charge in [0, 0.05) is 37.0 Å². The number of rotatable bonds is 7. The molecule has 0 aromatic carbocycles. The molecule has 27 heavy (non-hydrogen) atoms. The summed E-state index contributed by atoms with van der Waals surface area (Å²) in [7, 11) is 1.66. The molecule has 0 bridgehead atoms. The van der Waals surface area contributed by atoms with Crippen molar-refractivity contribution >= 4 is 12.1 Å². The first-order valence-electron chi connectivity index (χ1n) is 9.16. The summed E-state index contributed by atoms with van der Waals surface area (Å²) < 4.78 is 10.6. The van der Waals surface area contributed by atoms with Crippen LogP contribution in [-0.4, -0.2) is 49.4 Å². The van der Waals surface area contributed by atoms with Crippen LogP contribution in [0.4, 0.5) is 4.79 Å². The van der Waals surface area contributed by atoms with E-state index < -0.39 is 11.7 Å². The zero-order valence-corrected chi connectivity index (χ0v) is 17.5. The molecule has 1 aromatic rings. The van der Waals surface area contributed by atoms with E-state index in [2.05, 4.69) is 25.9 Å². The molecule has 1 heterocycles. The number of hydrogen-bond acceptors (Lipinski definition) is 5. The molecule has 0 saturated heterocycles. The SMILES string of the molecule is CCNC(=NCc1ncc(C)c(OC)c1C)NCCNC(=O)OC(C)(C)C. The van der Waals surface area contributed by atoms with Crippen molar-refractivity contribution in [3.63, 3.8) is 0 Å². The van der Waals surface area contributed by atoms with Crippen molar-refractivity contribution < 1.29 is 14.3 Å². The minimum atomic E-state index is -0.506. The standard InChI is InChI=1S/C19H33N5O3/c1-8-20-17(21-9-10-22-18(25)27-19(4,5)6)24-12-15-14(3)16(26-7)13(2)11-23-15/h11H,8-10,12H2,1-7H3,(H,22,25)(H2,20,21,24). The highest BCUT2D eigenvalue weighted by Gasteiger charge is 2.15. The number of methoxy groups -OCH3 is 1. The van der Waals surface area contributed by atoms with Crippen LogP contribution in [0.1, 0.15) is 44.5 Å². The summed E-state index contributed by atoms with van der Waals surface area (Å²) in [6.07, 6.45) is 1.36. The predicted molar refractivity (Wildman–Crippen MR) is 107 cm³/mol. The lowest BCUT2D eigenvalue weighted by Crippen LogP contribution is -2.42. The second-order valence-corrected chi connectivity index (χ2v) is 7.10. The Labute approximate surface area is 162 Å². The van der Waals surface area contributed by atoms with Crippen molar-refractivity contribution in [1.29, 1.82) is 0 Å². The Balaban J connectivity index is 2.60. The van der Waals surface area contributed by atoms with Gasteiger partial charge in [-0.05, 0) is 41.5 Å². The number of aliphatic imine (C=N–C) groups is 1. The lowest BCUT2D eigenvalue weighted by molar-refractivity contribution is 0.0529. The number of aromatic nitrogens is 1. The molecule has 1 amide bonds. The van der Waals surface area contributed by atoms with Gasteiger partial charge in [-0.2, -0.15) is 0 Å². The maximum Gasteiger partial charge on any atom is 0.407 e. The van der Waals surface area contributed by atoms with Gasteiger partial charge in [0.05, 0.1) is 19.3 Å². The predicted octanol–water partition coefficient (Wildman–Crippen LogP) is 2.29. The van der Waals surface area contributed by atoms with Gasteiger partial charge in [0.25, 0.3) is 0 Å². The van der Waals surface area contributed by atoms with Crippen molar-refractivity contribution in [2.75, 3.05) is 26.7 Å². The van der Waals surface area contributed by atoms with Gasteiger partial charge < -0.3 is 25.4 Å². The molecule has 0 saturated carbocycles. The number of nitrogens with one attached hydrogen (secondary N) is 3. The van der Waals surface area contributed by atoms with Gasteiger partial charge in [-0.15, -0.1) is 0 Å². The van der Waals surface area contributed by atoms with Crippen LogP contribution >= 0.6 is 0 Å². The van der Waals surface area contributed by atoms with E-state index in [-0.39, 0.29) is 0 Å². The average Bonchev–Trinajstić information content (AvgIpc) is 2.56. The van der Waals surface area contributed by atoms with Gasteiger partial charge in [0.1, 0.15) is 11.4 Å². The smallest absolute Gasteiger partial charge is 0.407 e. The topological polar surface area (TPSA) is 96.9 Å². The number of guanidine groups is 1. The average molecular weight is 380 g/mol. The lowest BCUT2D eigenvalue weighted by Gasteiger charge is -2.20. The summed E-state index contributed by atoms with van der Waals surface area (Å²) in [6, 6.07) is 0. The van der Waals surface area contributed by atoms with Crippen molar-refractivity contribution in [2.24, 2.45) is 4.99 Å². The molecule has 0 aliphatic rings. The van der Waals surface area contributed by atoms with E-state index in [1.54, 1.807) is 13.3 Å². The van der Waals surface area contributed by atoms with Gasteiger partial charge in [-0.25, -0.2) is 9.79 Å². The van der Waals surface area contributed by atoms with E-state index in [0.717, 1.165) is 29.1 Å². The number of carbonyl (C=O) groups is 1. The second kappa shape index (κ2) is 10.6. The number of ether oxygens (including phenoxy) is 2. The third kappa shape index (κ3) is 8.15. The van der Waals surface area contributed by atoms with E-state index in [4.69, 9.17) is 9.47 Å². The van der Waals surface area contributed by atoms with Crippen molar-refractivity contribution in [3.8, 4) is 5.75 Å². The Morgan fingerprint density at radius 3 is 2.44 bits per heavy atom. The fraction of sp³-hybridized carbons (Fsp3) is 0.632. The Kier molecular flexibility index (Phi) is 8.84. The third-order valence-electron chi connectivity index (χ3n) is 3.57. The number of alkyl carbamates (subject to hydrolysis) is 1. The quantitative estimate of drug-likeness (QED) is 0.382. The summed E-state index contributed by atoms with van der Waals surface area (Å²) in [5.74, 6) is 1.50. The van der Waals surface area contributed by atoms with Gasteiger partial charge in [-0.1, -0.05) is 0 Å². The number of nitrogens with zero attached hydrogens (tertiary/aromatic N) is 2. The number of amides is 1. The summed E-state index contributed by atoms with van der Waals surface area (Å²) in [5, 5.41) is 9.06. The largest absolute Gasteiger partial charge is 0.496 e. The fourth-order valence-corrected chi connectivity index (χ4v) is 2.39. The molecule has 1 rings (SSSR count). The van der Waals surface area contributed by atoms with Crippen LogP contribution in [0.15, 0.2) is 11.2 Å². The van der Waals surface area contributed by atoms with Crippen molar-refractivity contribution in [3.05, 3.63) is 23.0 Å². The van der Waals surface area contributed by atoms with Crippen LogP contribution in [0.3, 0.4) is 0 Å². The van der Waals surface area contributed by atoms with Crippen LogP contribution in [0, 0.1) is 13.8 Å². The molecule has 0 spiro atoms. The second-order valence-electron chi connectivity index (χ2n) is 7.10. The summed E-state index contributed by atoms with van der Waals surface area (Å²) in [5.41, 5.74) is 2.35. The molecule has 0 radical (unpaired) electrons. The maximum absolute atomic E-state index is 11.6. The van der Waals surface area contributed by atoms with Crippen LogP contribution in [0.25, 0.3) is 0 Å². The third-order valence-corrected chi connectivity index (χ3v) is 3.57. The minimum absolute atomic E-state index is 0.426. The maximum atomic E-state index is 11.6. The van der Waals surface area contributed by atoms with Gasteiger partial charge >= 0.3 is 6.09 Å². The highest BCUT2D eigenvalue weighted by molar-refractivity contribution is 5.79. The first kappa shape index (κ1) is 22.5. The Morgan fingerprint density at radius 1 is 1.19 bits per heavy atom. The molecular weight excluding hydrogens is 346 g/mol. The number of pyridine rings is 1. The minimum Gasteiger partial charge on any atom is -0.496 e. The molecule has 8 heteroatoms. The van der Waals surface area contributed by atoms with Gasteiger partial charge in [-0.3, -0.25) is 4.98 Å². The summed E-state index contributed by atoms with van der Waals surface area (Å²) in [6.45, 7) is 13.5. The number of aryl methyl sites for hydroxylation is 1. The van der Waals surface area contributed by atoms with Gasteiger partial charge in [0.2, 0.25) is 0 Å². The first-order valence-corrected chi connectivity index (χ1v) is 9.16. The van der Waals surface area contributed by atoms with E-state index in [0.29, 0.717) is 25.6 Å². The lowest BCUT2D eigenvalue weighted by atomic mass is 10.1. The molecule has 0 fully saturated rings. The Bertz CT molecular complexity index is 653. The van der Waals surface area contributed by atoms with Crippen LogP contribution in [-0.2, 0) is 11.3 Å². The normalized spacial score (nSPS) is 11.7. The van der Waals surface area contributed by atoms with E-state index in [1.807, 2.05) is 41.5 Å². The highest BCUT2D eigenvalue weighted by atomic mass is 16.6. The Morgan fingerprint density at radius 2 is 1.85 bits per heavy atom. The number of carbonyl (C=O) groups excluding carboxylic acids is 1. The molecule has 0 aliphatic carbocycles. The van der Waals surface area contributed by atoms with Crippen LogP contribution < -0.4 is 20.7 Å². The van der Waals surface area contributed by atoms with E-state index >= 15 is 0 Å².